The molecule has 2 atom stereocenters. The van der Waals surface area contributed by atoms with Crippen molar-refractivity contribution in [1.82, 2.24) is 19.9 Å². The van der Waals surface area contributed by atoms with Crippen molar-refractivity contribution in [2.24, 2.45) is 5.73 Å². The number of carbonyl (C=O) groups is 2. The van der Waals surface area contributed by atoms with Crippen LogP contribution in [0, 0.1) is 6.92 Å². The minimum Gasteiger partial charge on any atom is -0.378 e. The number of likely N-dealkylation sites (tertiary alicyclic amines) is 1. The summed E-state index contributed by atoms with van der Waals surface area (Å²) in [5.74, 6) is 0.531. The topological polar surface area (TPSA) is 115 Å². The summed E-state index contributed by atoms with van der Waals surface area (Å²) in [7, 11) is 0. The van der Waals surface area contributed by atoms with Crippen molar-refractivity contribution in [3.05, 3.63) is 11.7 Å². The van der Waals surface area contributed by atoms with Crippen LogP contribution in [0.25, 0.3) is 0 Å². The number of aromatic nitrogens is 2. The number of hydrogen-bond donors (Lipinski definition) is 1. The van der Waals surface area contributed by atoms with Gasteiger partial charge in [-0.05, 0) is 13.3 Å². The van der Waals surface area contributed by atoms with Crippen molar-refractivity contribution in [2.45, 2.75) is 31.8 Å². The first-order valence-electron chi connectivity index (χ1n) is 7.78. The molecule has 0 bridgehead atoms. The Hall–Kier alpha value is -1.71. The fourth-order valence-corrected chi connectivity index (χ4v) is 2.95. The summed E-state index contributed by atoms with van der Waals surface area (Å²) in [4.78, 5) is 32.6. The second-order valence-electron chi connectivity index (χ2n) is 5.82. The molecule has 134 valence electrons. The summed E-state index contributed by atoms with van der Waals surface area (Å²) in [5, 5.41) is 3.74. The fourth-order valence-electron chi connectivity index (χ4n) is 2.95. The quantitative estimate of drug-likeness (QED) is 0.743. The molecule has 0 radical (unpaired) electrons. The number of nitrogens with two attached hydrogens (primary N) is 1. The van der Waals surface area contributed by atoms with E-state index >= 15 is 0 Å². The summed E-state index contributed by atoms with van der Waals surface area (Å²) in [5.41, 5.74) is 5.80. The van der Waals surface area contributed by atoms with Crippen LogP contribution in [0.5, 0.6) is 0 Å². The molecule has 2 aliphatic rings. The molecule has 0 saturated carbocycles. The van der Waals surface area contributed by atoms with E-state index in [1.54, 1.807) is 16.7 Å². The molecule has 1 aromatic rings. The van der Waals surface area contributed by atoms with Crippen molar-refractivity contribution < 1.29 is 18.8 Å². The highest BCUT2D eigenvalue weighted by Crippen LogP contribution is 2.19. The van der Waals surface area contributed by atoms with Gasteiger partial charge in [0.1, 0.15) is 6.04 Å². The summed E-state index contributed by atoms with van der Waals surface area (Å²) >= 11 is 0. The lowest BCUT2D eigenvalue weighted by Gasteiger charge is -2.33. The number of hydrogen-bond acceptors (Lipinski definition) is 7. The first-order valence-corrected chi connectivity index (χ1v) is 7.78. The zero-order valence-electron chi connectivity index (χ0n) is 13.5. The lowest BCUT2D eigenvalue weighted by molar-refractivity contribution is -0.146. The Morgan fingerprint density at radius 1 is 1.38 bits per heavy atom. The minimum absolute atomic E-state index is 0. The average Bonchev–Trinajstić information content (AvgIpc) is 3.12. The van der Waals surface area contributed by atoms with Crippen LogP contribution in [-0.4, -0.2) is 76.7 Å². The van der Waals surface area contributed by atoms with Crippen molar-refractivity contribution in [1.29, 1.82) is 0 Å². The zero-order valence-corrected chi connectivity index (χ0v) is 14.3. The third-order valence-electron chi connectivity index (χ3n) is 4.20. The van der Waals surface area contributed by atoms with E-state index in [1.165, 1.54) is 0 Å². The normalized spacial score (nSPS) is 22.4. The molecule has 2 N–H and O–H groups in total. The van der Waals surface area contributed by atoms with Crippen LogP contribution in [-0.2, 0) is 20.7 Å². The van der Waals surface area contributed by atoms with E-state index in [4.69, 9.17) is 15.0 Å². The van der Waals surface area contributed by atoms with Gasteiger partial charge in [-0.15, -0.1) is 12.4 Å². The summed E-state index contributed by atoms with van der Waals surface area (Å²) < 4.78 is 10.4. The molecule has 10 heteroatoms. The van der Waals surface area contributed by atoms with E-state index in [0.29, 0.717) is 51.0 Å². The van der Waals surface area contributed by atoms with Crippen LogP contribution < -0.4 is 5.73 Å². The van der Waals surface area contributed by atoms with E-state index in [2.05, 4.69) is 10.1 Å². The number of rotatable bonds is 4. The molecule has 0 aromatic carbocycles. The Labute approximate surface area is 145 Å². The van der Waals surface area contributed by atoms with Gasteiger partial charge in [-0.1, -0.05) is 5.16 Å². The molecular weight excluding hydrogens is 338 g/mol. The maximum atomic E-state index is 12.9. The standard InChI is InChI=1S/C14H21N5O4.ClH/c1-9-16-12(23-17-9)8-11(19-3-2-10(15)13(19)20)14(21)18-4-6-22-7-5-18;/h10-11H,2-8,15H2,1H3;1H/t10-,11-;/m0./s1. The van der Waals surface area contributed by atoms with Crippen molar-refractivity contribution in [2.75, 3.05) is 32.8 Å². The van der Waals surface area contributed by atoms with Crippen molar-refractivity contribution in [3.63, 3.8) is 0 Å². The van der Waals surface area contributed by atoms with Gasteiger partial charge < -0.3 is 24.8 Å². The lowest BCUT2D eigenvalue weighted by Crippen LogP contribution is -2.54. The molecule has 24 heavy (non-hydrogen) atoms. The highest BCUT2D eigenvalue weighted by atomic mass is 35.5. The number of morpholine rings is 1. The SMILES string of the molecule is Cc1noc(C[C@@H](C(=O)N2CCOCC2)N2CC[C@H](N)C2=O)n1.Cl. The van der Waals surface area contributed by atoms with Gasteiger partial charge in [0.05, 0.1) is 25.7 Å². The third kappa shape index (κ3) is 3.85. The van der Waals surface area contributed by atoms with Crippen LogP contribution in [0.2, 0.25) is 0 Å². The van der Waals surface area contributed by atoms with E-state index in [9.17, 15) is 9.59 Å². The van der Waals surface area contributed by atoms with Crippen LogP contribution in [0.1, 0.15) is 18.1 Å². The molecule has 2 fully saturated rings. The number of aryl methyl sites for hydroxylation is 1. The van der Waals surface area contributed by atoms with Gasteiger partial charge in [-0.25, -0.2) is 0 Å². The smallest absolute Gasteiger partial charge is 0.246 e. The highest BCUT2D eigenvalue weighted by molar-refractivity contribution is 5.91. The molecule has 3 heterocycles. The first kappa shape index (κ1) is 18.6. The third-order valence-corrected chi connectivity index (χ3v) is 4.20. The molecule has 0 unspecified atom stereocenters. The molecular formula is C14H22ClN5O4. The molecule has 2 saturated heterocycles. The largest absolute Gasteiger partial charge is 0.378 e. The van der Waals surface area contributed by atoms with E-state index in [0.717, 1.165) is 0 Å². The van der Waals surface area contributed by atoms with Crippen LogP contribution >= 0.6 is 12.4 Å². The fraction of sp³-hybridized carbons (Fsp3) is 0.714. The molecule has 1 aromatic heterocycles. The predicted molar refractivity (Wildman–Crippen MR) is 85.5 cm³/mol. The minimum atomic E-state index is -0.658. The second-order valence-corrected chi connectivity index (χ2v) is 5.82. The Balaban J connectivity index is 0.00000208. The lowest BCUT2D eigenvalue weighted by atomic mass is 10.1. The van der Waals surface area contributed by atoms with Gasteiger partial charge in [0.2, 0.25) is 17.7 Å². The summed E-state index contributed by atoms with van der Waals surface area (Å²) in [6.07, 6.45) is 0.754. The summed E-state index contributed by atoms with van der Waals surface area (Å²) in [6.45, 7) is 4.23. The first-order chi connectivity index (χ1) is 11.1. The number of amides is 2. The molecule has 2 amide bonds. The Kier molecular flexibility index (Phi) is 6.14. The highest BCUT2D eigenvalue weighted by Gasteiger charge is 2.40. The van der Waals surface area contributed by atoms with Gasteiger partial charge in [-0.3, -0.25) is 9.59 Å². The number of nitrogens with zero attached hydrogens (tertiary/aromatic N) is 4. The van der Waals surface area contributed by atoms with Gasteiger partial charge >= 0.3 is 0 Å². The maximum Gasteiger partial charge on any atom is 0.246 e. The van der Waals surface area contributed by atoms with Crippen LogP contribution in [0.3, 0.4) is 0 Å². The number of halogens is 1. The van der Waals surface area contributed by atoms with Gasteiger partial charge in [0.25, 0.3) is 0 Å². The van der Waals surface area contributed by atoms with Crippen molar-refractivity contribution >= 4 is 24.2 Å². The van der Waals surface area contributed by atoms with Crippen LogP contribution in [0.15, 0.2) is 4.52 Å². The van der Waals surface area contributed by atoms with Gasteiger partial charge in [0.15, 0.2) is 5.82 Å². The molecule has 2 aliphatic heterocycles. The van der Waals surface area contributed by atoms with E-state index < -0.39 is 12.1 Å². The molecule has 0 aliphatic carbocycles. The molecule has 0 spiro atoms. The molecule has 9 nitrogen and oxygen atoms in total. The van der Waals surface area contributed by atoms with Gasteiger partial charge in [0, 0.05) is 19.6 Å². The van der Waals surface area contributed by atoms with Crippen molar-refractivity contribution in [3.8, 4) is 0 Å². The van der Waals surface area contributed by atoms with E-state index in [-0.39, 0.29) is 30.6 Å². The second kappa shape index (κ2) is 7.91. The summed E-state index contributed by atoms with van der Waals surface area (Å²) in [6, 6.07) is -1.20. The number of ether oxygens (including phenoxy) is 1. The Bertz CT molecular complexity index is 589. The predicted octanol–water partition coefficient (Wildman–Crippen LogP) is -0.871. The monoisotopic (exact) mass is 359 g/mol. The maximum absolute atomic E-state index is 12.9. The Morgan fingerprint density at radius 2 is 2.08 bits per heavy atom. The average molecular weight is 360 g/mol. The Morgan fingerprint density at radius 3 is 2.62 bits per heavy atom. The zero-order chi connectivity index (χ0) is 16.4. The number of carbonyl (C=O) groups excluding carboxylic acids is 2. The van der Waals surface area contributed by atoms with Gasteiger partial charge in [-0.2, -0.15) is 4.98 Å². The molecule has 3 rings (SSSR count). The van der Waals surface area contributed by atoms with E-state index in [1.807, 2.05) is 0 Å². The van der Waals surface area contributed by atoms with Crippen LogP contribution in [0.4, 0.5) is 0 Å².